The van der Waals surface area contributed by atoms with Crippen LogP contribution in [0, 0.1) is 5.92 Å². The lowest BCUT2D eigenvalue weighted by molar-refractivity contribution is 0.223. The number of benzene rings is 2. The number of fused-ring (bicyclic) bond motifs is 1. The van der Waals surface area contributed by atoms with E-state index in [1.807, 2.05) is 36.4 Å². The van der Waals surface area contributed by atoms with Gasteiger partial charge in [-0.2, -0.15) is 0 Å². The third-order valence-corrected chi connectivity index (χ3v) is 6.33. The standard InChI is InChI=1S/C20H25NO3S/c1-3-15(2)17-8-10-19(11-9-17)25(22,23)21-13-16-12-18-6-4-5-7-20(18)24-14-16/h4-11,15-16,21H,3,12-14H2,1-2H3. The van der Waals surface area contributed by atoms with Gasteiger partial charge >= 0.3 is 0 Å². The monoisotopic (exact) mass is 359 g/mol. The Hall–Kier alpha value is -1.85. The third kappa shape index (κ3) is 4.22. The van der Waals surface area contributed by atoms with Crippen LogP contribution in [0.25, 0.3) is 0 Å². The molecule has 0 saturated heterocycles. The van der Waals surface area contributed by atoms with Crippen LogP contribution in [0.3, 0.4) is 0 Å². The lowest BCUT2D eigenvalue weighted by Crippen LogP contribution is -2.34. The Bertz CT molecular complexity index is 815. The van der Waals surface area contributed by atoms with Gasteiger partial charge < -0.3 is 4.74 Å². The van der Waals surface area contributed by atoms with Crippen LogP contribution < -0.4 is 9.46 Å². The highest BCUT2D eigenvalue weighted by molar-refractivity contribution is 7.89. The summed E-state index contributed by atoms with van der Waals surface area (Å²) in [5, 5.41) is 0. The first kappa shape index (κ1) is 18.0. The minimum absolute atomic E-state index is 0.143. The van der Waals surface area contributed by atoms with Gasteiger partial charge in [0.2, 0.25) is 10.0 Å². The Kier molecular flexibility index (Phi) is 5.45. The van der Waals surface area contributed by atoms with E-state index in [0.29, 0.717) is 24.0 Å². The third-order valence-electron chi connectivity index (χ3n) is 4.89. The molecule has 0 saturated carbocycles. The van der Waals surface area contributed by atoms with Crippen molar-refractivity contribution in [2.45, 2.75) is 37.5 Å². The second-order valence-electron chi connectivity index (χ2n) is 6.72. The maximum atomic E-state index is 12.5. The van der Waals surface area contributed by atoms with Crippen molar-refractivity contribution in [1.82, 2.24) is 4.72 Å². The molecule has 1 heterocycles. The first-order valence-corrected chi connectivity index (χ1v) is 10.3. The number of hydrogen-bond donors (Lipinski definition) is 1. The summed E-state index contributed by atoms with van der Waals surface area (Å²) in [7, 11) is -3.49. The van der Waals surface area contributed by atoms with Gasteiger partial charge in [0, 0.05) is 12.5 Å². The summed E-state index contributed by atoms with van der Waals surface area (Å²) in [5.74, 6) is 1.48. The maximum absolute atomic E-state index is 12.5. The highest BCUT2D eigenvalue weighted by atomic mass is 32.2. The molecule has 5 heteroatoms. The van der Waals surface area contributed by atoms with E-state index in [-0.39, 0.29) is 5.92 Å². The van der Waals surface area contributed by atoms with Crippen LogP contribution in [0.15, 0.2) is 53.4 Å². The Morgan fingerprint density at radius 2 is 1.88 bits per heavy atom. The lowest BCUT2D eigenvalue weighted by Gasteiger charge is -2.25. The summed E-state index contributed by atoms with van der Waals surface area (Å²) in [6.45, 7) is 5.18. The predicted octanol–water partition coefficient (Wildman–Crippen LogP) is 3.73. The van der Waals surface area contributed by atoms with E-state index in [1.165, 1.54) is 5.56 Å². The van der Waals surface area contributed by atoms with Gasteiger partial charge in [0.25, 0.3) is 0 Å². The number of sulfonamides is 1. The van der Waals surface area contributed by atoms with E-state index in [0.717, 1.165) is 24.2 Å². The highest BCUT2D eigenvalue weighted by Gasteiger charge is 2.22. The zero-order valence-corrected chi connectivity index (χ0v) is 15.6. The molecule has 2 unspecified atom stereocenters. The number of rotatable bonds is 6. The molecule has 2 aromatic rings. The van der Waals surface area contributed by atoms with Crippen molar-refractivity contribution >= 4 is 10.0 Å². The zero-order valence-electron chi connectivity index (χ0n) is 14.7. The van der Waals surface area contributed by atoms with Crippen molar-refractivity contribution in [2.75, 3.05) is 13.2 Å². The van der Waals surface area contributed by atoms with Crippen LogP contribution in [0.2, 0.25) is 0 Å². The van der Waals surface area contributed by atoms with Gasteiger partial charge in [-0.15, -0.1) is 0 Å². The molecular formula is C20H25NO3S. The molecule has 0 bridgehead atoms. The van der Waals surface area contributed by atoms with Crippen molar-refractivity contribution in [3.8, 4) is 5.75 Å². The van der Waals surface area contributed by atoms with Gasteiger partial charge in [-0.1, -0.05) is 44.2 Å². The Morgan fingerprint density at radius 1 is 1.16 bits per heavy atom. The first-order valence-electron chi connectivity index (χ1n) is 8.80. The van der Waals surface area contributed by atoms with Gasteiger partial charge in [0.1, 0.15) is 5.75 Å². The molecule has 0 aromatic heterocycles. The fraction of sp³-hybridized carbons (Fsp3) is 0.400. The van der Waals surface area contributed by atoms with Crippen molar-refractivity contribution in [3.63, 3.8) is 0 Å². The number of para-hydroxylation sites is 1. The quantitative estimate of drug-likeness (QED) is 0.855. The molecule has 0 amide bonds. The summed E-state index contributed by atoms with van der Waals surface area (Å²) >= 11 is 0. The van der Waals surface area contributed by atoms with Gasteiger partial charge in [0.15, 0.2) is 0 Å². The second kappa shape index (κ2) is 7.58. The van der Waals surface area contributed by atoms with Crippen LogP contribution in [0.4, 0.5) is 0 Å². The number of ether oxygens (including phenoxy) is 1. The summed E-state index contributed by atoms with van der Waals surface area (Å²) in [6, 6.07) is 15.1. The molecule has 2 atom stereocenters. The summed E-state index contributed by atoms with van der Waals surface area (Å²) in [5.41, 5.74) is 2.30. The summed E-state index contributed by atoms with van der Waals surface area (Å²) in [6.07, 6.45) is 1.86. The van der Waals surface area contributed by atoms with E-state index >= 15 is 0 Å². The molecule has 0 aliphatic carbocycles. The average molecular weight is 359 g/mol. The van der Waals surface area contributed by atoms with Crippen LogP contribution in [-0.4, -0.2) is 21.6 Å². The molecule has 4 nitrogen and oxygen atoms in total. The van der Waals surface area contributed by atoms with Crippen molar-refractivity contribution in [1.29, 1.82) is 0 Å². The molecule has 1 N–H and O–H groups in total. The van der Waals surface area contributed by atoms with Crippen molar-refractivity contribution in [2.24, 2.45) is 5.92 Å². The molecule has 2 aromatic carbocycles. The van der Waals surface area contributed by atoms with Gasteiger partial charge in [-0.3, -0.25) is 0 Å². The molecule has 0 fully saturated rings. The first-order chi connectivity index (χ1) is 12.0. The largest absolute Gasteiger partial charge is 0.493 e. The molecular weight excluding hydrogens is 334 g/mol. The fourth-order valence-corrected chi connectivity index (χ4v) is 4.16. The lowest BCUT2D eigenvalue weighted by atomic mass is 9.97. The zero-order chi connectivity index (χ0) is 17.9. The molecule has 3 rings (SSSR count). The van der Waals surface area contributed by atoms with E-state index < -0.39 is 10.0 Å². The minimum Gasteiger partial charge on any atom is -0.493 e. The summed E-state index contributed by atoms with van der Waals surface area (Å²) < 4.78 is 33.5. The molecule has 1 aliphatic rings. The highest BCUT2D eigenvalue weighted by Crippen LogP contribution is 2.27. The SMILES string of the molecule is CCC(C)c1ccc(S(=O)(=O)NCC2COc3ccccc3C2)cc1. The van der Waals surface area contributed by atoms with Gasteiger partial charge in [-0.05, 0) is 48.1 Å². The Labute approximate surface area is 150 Å². The summed E-state index contributed by atoms with van der Waals surface area (Å²) in [4.78, 5) is 0.316. The Morgan fingerprint density at radius 3 is 2.60 bits per heavy atom. The van der Waals surface area contributed by atoms with Crippen LogP contribution in [-0.2, 0) is 16.4 Å². The van der Waals surface area contributed by atoms with E-state index in [1.54, 1.807) is 12.1 Å². The average Bonchev–Trinajstić information content (AvgIpc) is 2.65. The van der Waals surface area contributed by atoms with E-state index in [4.69, 9.17) is 4.74 Å². The molecule has 134 valence electrons. The Balaban J connectivity index is 1.62. The molecule has 0 spiro atoms. The number of hydrogen-bond acceptors (Lipinski definition) is 3. The van der Waals surface area contributed by atoms with E-state index in [2.05, 4.69) is 18.6 Å². The van der Waals surface area contributed by atoms with E-state index in [9.17, 15) is 8.42 Å². The molecule has 0 radical (unpaired) electrons. The van der Waals surface area contributed by atoms with Crippen LogP contribution in [0.1, 0.15) is 37.3 Å². The fourth-order valence-electron chi connectivity index (χ4n) is 3.04. The minimum atomic E-state index is -3.49. The smallest absolute Gasteiger partial charge is 0.240 e. The topological polar surface area (TPSA) is 55.4 Å². The normalized spacial score (nSPS) is 18.2. The van der Waals surface area contributed by atoms with Gasteiger partial charge in [0.05, 0.1) is 11.5 Å². The molecule has 1 aliphatic heterocycles. The predicted molar refractivity (Wildman–Crippen MR) is 99.5 cm³/mol. The second-order valence-corrected chi connectivity index (χ2v) is 8.49. The van der Waals surface area contributed by atoms with Crippen LogP contribution in [0.5, 0.6) is 5.75 Å². The number of nitrogens with one attached hydrogen (secondary N) is 1. The van der Waals surface area contributed by atoms with Crippen molar-refractivity contribution < 1.29 is 13.2 Å². The molecule has 25 heavy (non-hydrogen) atoms. The maximum Gasteiger partial charge on any atom is 0.240 e. The van der Waals surface area contributed by atoms with Gasteiger partial charge in [-0.25, -0.2) is 13.1 Å². The van der Waals surface area contributed by atoms with Crippen molar-refractivity contribution in [3.05, 3.63) is 59.7 Å². The van der Waals surface area contributed by atoms with Crippen LogP contribution >= 0.6 is 0 Å².